The number of aromatic amines is 1. The molecule has 3 heteroatoms. The normalized spacial score (nSPS) is 11.1. The van der Waals surface area contributed by atoms with Gasteiger partial charge in [0.05, 0.1) is 12.8 Å². The van der Waals surface area contributed by atoms with Gasteiger partial charge in [-0.1, -0.05) is 18.2 Å². The molecule has 102 valence electrons. The van der Waals surface area contributed by atoms with Gasteiger partial charge in [-0.3, -0.25) is 0 Å². The van der Waals surface area contributed by atoms with Gasteiger partial charge < -0.3 is 9.72 Å². The van der Waals surface area contributed by atoms with Gasteiger partial charge in [0, 0.05) is 21.9 Å². The van der Waals surface area contributed by atoms with Crippen LogP contribution in [0.15, 0.2) is 60.7 Å². The fourth-order valence-corrected chi connectivity index (χ4v) is 2.65. The lowest BCUT2D eigenvalue weighted by Crippen LogP contribution is -1.86. The molecule has 0 aliphatic carbocycles. The number of nitrogens with one attached hydrogen (secondary N) is 1. The first-order valence-corrected chi connectivity index (χ1v) is 6.87. The number of ether oxygens (including phenoxy) is 1. The Bertz CT molecular complexity index is 923. The summed E-state index contributed by atoms with van der Waals surface area (Å²) in [5.74, 6) is 0.852. The van der Waals surface area contributed by atoms with Crippen LogP contribution in [0.5, 0.6) is 5.75 Å². The predicted molar refractivity (Wildman–Crippen MR) is 85.6 cm³/mol. The summed E-state index contributed by atoms with van der Waals surface area (Å²) in [6, 6.07) is 20.4. The van der Waals surface area contributed by atoms with Crippen molar-refractivity contribution in [2.45, 2.75) is 0 Å². The van der Waals surface area contributed by atoms with Crippen LogP contribution in [0.4, 0.5) is 0 Å². The van der Waals surface area contributed by atoms with E-state index in [1.165, 1.54) is 5.39 Å². The Balaban J connectivity index is 1.87. The Morgan fingerprint density at radius 3 is 2.48 bits per heavy atom. The number of H-pyrrole nitrogens is 1. The number of rotatable bonds is 2. The largest absolute Gasteiger partial charge is 0.497 e. The number of nitrogens with zero attached hydrogens (tertiary/aromatic N) is 1. The zero-order chi connectivity index (χ0) is 14.2. The van der Waals surface area contributed by atoms with Gasteiger partial charge >= 0.3 is 0 Å². The molecular weight excluding hydrogens is 260 g/mol. The summed E-state index contributed by atoms with van der Waals surface area (Å²) in [5.41, 5.74) is 4.07. The Morgan fingerprint density at radius 1 is 0.857 bits per heavy atom. The third-order valence-corrected chi connectivity index (χ3v) is 3.75. The summed E-state index contributed by atoms with van der Waals surface area (Å²) in [7, 11) is 1.67. The molecule has 0 fully saturated rings. The van der Waals surface area contributed by atoms with Crippen LogP contribution in [0.3, 0.4) is 0 Å². The average molecular weight is 274 g/mol. The van der Waals surface area contributed by atoms with Crippen LogP contribution < -0.4 is 4.74 Å². The minimum Gasteiger partial charge on any atom is -0.497 e. The number of benzene rings is 2. The molecule has 0 radical (unpaired) electrons. The van der Waals surface area contributed by atoms with Crippen molar-refractivity contribution in [2.75, 3.05) is 7.11 Å². The van der Waals surface area contributed by atoms with Crippen molar-refractivity contribution in [2.24, 2.45) is 0 Å². The second-order valence-electron chi connectivity index (χ2n) is 4.99. The lowest BCUT2D eigenvalue weighted by molar-refractivity contribution is 0.415. The smallest absolute Gasteiger partial charge is 0.139 e. The van der Waals surface area contributed by atoms with Gasteiger partial charge in [-0.15, -0.1) is 0 Å². The van der Waals surface area contributed by atoms with Crippen LogP contribution in [0.1, 0.15) is 0 Å². The number of hydrogen-bond donors (Lipinski definition) is 1. The third kappa shape index (κ3) is 1.94. The molecule has 4 aromatic rings. The third-order valence-electron chi connectivity index (χ3n) is 3.75. The molecule has 3 nitrogen and oxygen atoms in total. The van der Waals surface area contributed by atoms with Crippen molar-refractivity contribution in [3.05, 3.63) is 60.7 Å². The van der Waals surface area contributed by atoms with E-state index in [4.69, 9.17) is 9.72 Å². The van der Waals surface area contributed by atoms with E-state index in [1.807, 2.05) is 36.4 Å². The van der Waals surface area contributed by atoms with Crippen LogP contribution in [-0.4, -0.2) is 17.1 Å². The molecule has 0 aliphatic heterocycles. The summed E-state index contributed by atoms with van der Waals surface area (Å²) >= 11 is 0. The highest BCUT2D eigenvalue weighted by molar-refractivity contribution is 6.06. The second-order valence-corrected chi connectivity index (χ2v) is 4.99. The maximum Gasteiger partial charge on any atom is 0.139 e. The molecule has 2 heterocycles. The van der Waals surface area contributed by atoms with E-state index in [0.717, 1.165) is 33.6 Å². The lowest BCUT2D eigenvalue weighted by atomic mass is 10.1. The standard InChI is InChI=1S/C18H14N2O/c1-21-13-8-6-12(7-9-13)16-11-10-15-14-4-2-3-5-17(14)20-18(15)19-16/h2-11H,1H3,(H,19,20). The fourth-order valence-electron chi connectivity index (χ4n) is 2.65. The molecule has 0 atom stereocenters. The van der Waals surface area contributed by atoms with Crippen LogP contribution in [0.2, 0.25) is 0 Å². The summed E-state index contributed by atoms with van der Waals surface area (Å²) in [5, 5.41) is 2.36. The molecular formula is C18H14N2O. The van der Waals surface area contributed by atoms with E-state index in [0.29, 0.717) is 0 Å². The molecule has 2 aromatic carbocycles. The van der Waals surface area contributed by atoms with Crippen molar-refractivity contribution in [3.63, 3.8) is 0 Å². The SMILES string of the molecule is COc1ccc(-c2ccc3c(n2)[nH]c2ccccc23)cc1. The molecule has 0 aliphatic rings. The molecule has 0 bridgehead atoms. The monoisotopic (exact) mass is 274 g/mol. The van der Waals surface area contributed by atoms with Crippen LogP contribution in [0.25, 0.3) is 33.2 Å². The van der Waals surface area contributed by atoms with Crippen LogP contribution in [-0.2, 0) is 0 Å². The van der Waals surface area contributed by atoms with Crippen molar-refractivity contribution in [1.82, 2.24) is 9.97 Å². The predicted octanol–water partition coefficient (Wildman–Crippen LogP) is 4.39. The molecule has 21 heavy (non-hydrogen) atoms. The number of pyridine rings is 1. The first-order valence-electron chi connectivity index (χ1n) is 6.87. The van der Waals surface area contributed by atoms with E-state index >= 15 is 0 Å². The molecule has 0 spiro atoms. The summed E-state index contributed by atoms with van der Waals surface area (Å²) in [6.45, 7) is 0. The van der Waals surface area contributed by atoms with E-state index in [2.05, 4.69) is 29.2 Å². The molecule has 0 saturated heterocycles. The van der Waals surface area contributed by atoms with E-state index in [1.54, 1.807) is 7.11 Å². The van der Waals surface area contributed by atoms with Gasteiger partial charge in [0.2, 0.25) is 0 Å². The first kappa shape index (κ1) is 12.0. The van der Waals surface area contributed by atoms with Crippen molar-refractivity contribution in [3.8, 4) is 17.0 Å². The Labute approximate surface area is 122 Å². The average Bonchev–Trinajstić information content (AvgIpc) is 2.92. The minimum absolute atomic E-state index is 0.852. The highest BCUT2D eigenvalue weighted by Gasteiger charge is 2.07. The number of aromatic nitrogens is 2. The highest BCUT2D eigenvalue weighted by Crippen LogP contribution is 2.27. The summed E-state index contributed by atoms with van der Waals surface area (Å²) in [6.07, 6.45) is 0. The van der Waals surface area contributed by atoms with E-state index < -0.39 is 0 Å². The number of methoxy groups -OCH3 is 1. The molecule has 2 aromatic heterocycles. The van der Waals surface area contributed by atoms with Gasteiger partial charge in [-0.05, 0) is 42.5 Å². The maximum atomic E-state index is 5.19. The summed E-state index contributed by atoms with van der Waals surface area (Å²) in [4.78, 5) is 8.12. The topological polar surface area (TPSA) is 37.9 Å². The van der Waals surface area contributed by atoms with Crippen molar-refractivity contribution in [1.29, 1.82) is 0 Å². The fraction of sp³-hybridized carbons (Fsp3) is 0.0556. The Morgan fingerprint density at radius 2 is 1.67 bits per heavy atom. The Hall–Kier alpha value is -2.81. The molecule has 0 amide bonds. The summed E-state index contributed by atoms with van der Waals surface area (Å²) < 4.78 is 5.19. The highest BCUT2D eigenvalue weighted by atomic mass is 16.5. The quantitative estimate of drug-likeness (QED) is 0.588. The zero-order valence-corrected chi connectivity index (χ0v) is 11.6. The van der Waals surface area contributed by atoms with Crippen molar-refractivity contribution >= 4 is 21.9 Å². The van der Waals surface area contributed by atoms with Gasteiger partial charge in [0.1, 0.15) is 11.4 Å². The van der Waals surface area contributed by atoms with E-state index in [-0.39, 0.29) is 0 Å². The first-order chi connectivity index (χ1) is 10.3. The molecule has 1 N–H and O–H groups in total. The van der Waals surface area contributed by atoms with Gasteiger partial charge in [0.25, 0.3) is 0 Å². The minimum atomic E-state index is 0.852. The molecule has 4 rings (SSSR count). The second kappa shape index (κ2) is 4.63. The van der Waals surface area contributed by atoms with Crippen LogP contribution in [0, 0.1) is 0 Å². The lowest BCUT2D eigenvalue weighted by Gasteiger charge is -2.03. The van der Waals surface area contributed by atoms with Crippen LogP contribution >= 0.6 is 0 Å². The van der Waals surface area contributed by atoms with E-state index in [9.17, 15) is 0 Å². The molecule has 0 unspecified atom stereocenters. The van der Waals surface area contributed by atoms with Gasteiger partial charge in [-0.25, -0.2) is 4.98 Å². The van der Waals surface area contributed by atoms with Gasteiger partial charge in [0.15, 0.2) is 0 Å². The zero-order valence-electron chi connectivity index (χ0n) is 11.6. The number of fused-ring (bicyclic) bond motifs is 3. The Kier molecular flexibility index (Phi) is 2.64. The number of para-hydroxylation sites is 1. The van der Waals surface area contributed by atoms with Gasteiger partial charge in [-0.2, -0.15) is 0 Å². The maximum absolute atomic E-state index is 5.19. The molecule has 0 saturated carbocycles. The number of hydrogen-bond acceptors (Lipinski definition) is 2. The van der Waals surface area contributed by atoms with Crippen molar-refractivity contribution < 1.29 is 4.74 Å².